The van der Waals surface area contributed by atoms with E-state index in [-0.39, 0.29) is 30.1 Å². The fourth-order valence-electron chi connectivity index (χ4n) is 2.18. The van der Waals surface area contributed by atoms with Gasteiger partial charge in [-0.15, -0.1) is 0 Å². The number of nitrogens with zero attached hydrogens (tertiary/aromatic N) is 2. The predicted molar refractivity (Wildman–Crippen MR) is 102 cm³/mol. The Kier molecular flexibility index (Phi) is 7.20. The molecule has 0 aliphatic heterocycles. The Bertz CT molecular complexity index is 801. The van der Waals surface area contributed by atoms with E-state index in [0.29, 0.717) is 22.1 Å². The van der Waals surface area contributed by atoms with Gasteiger partial charge in [-0.3, -0.25) is 14.5 Å². The highest BCUT2D eigenvalue weighted by molar-refractivity contribution is 6.32. The van der Waals surface area contributed by atoms with Crippen molar-refractivity contribution in [3.63, 3.8) is 0 Å². The molecule has 1 aromatic carbocycles. The first-order chi connectivity index (χ1) is 12.4. The number of ether oxygens (including phenoxy) is 1. The van der Waals surface area contributed by atoms with Gasteiger partial charge in [0.1, 0.15) is 5.75 Å². The normalized spacial score (nSPS) is 10.5. The van der Waals surface area contributed by atoms with E-state index in [2.05, 4.69) is 15.6 Å². The molecule has 0 fully saturated rings. The van der Waals surface area contributed by atoms with E-state index in [1.807, 2.05) is 0 Å². The van der Waals surface area contributed by atoms with E-state index in [4.69, 9.17) is 27.9 Å². The van der Waals surface area contributed by atoms with Crippen LogP contribution >= 0.6 is 23.2 Å². The van der Waals surface area contributed by atoms with Gasteiger partial charge >= 0.3 is 0 Å². The summed E-state index contributed by atoms with van der Waals surface area (Å²) < 4.78 is 5.18. The van der Waals surface area contributed by atoms with Crippen LogP contribution < -0.4 is 15.4 Å². The van der Waals surface area contributed by atoms with Gasteiger partial charge in [-0.2, -0.15) is 0 Å². The molecule has 26 heavy (non-hydrogen) atoms. The molecule has 0 saturated carbocycles. The van der Waals surface area contributed by atoms with Crippen molar-refractivity contribution >= 4 is 46.4 Å². The monoisotopic (exact) mass is 396 g/mol. The Morgan fingerprint density at radius 1 is 1.12 bits per heavy atom. The van der Waals surface area contributed by atoms with Crippen molar-refractivity contribution in [3.05, 3.63) is 46.7 Å². The molecule has 0 unspecified atom stereocenters. The van der Waals surface area contributed by atoms with Crippen LogP contribution in [0, 0.1) is 0 Å². The first kappa shape index (κ1) is 20.0. The number of carbonyl (C=O) groups excluding carboxylic acids is 2. The number of halogens is 2. The van der Waals surface area contributed by atoms with Crippen LogP contribution in [0.3, 0.4) is 0 Å². The van der Waals surface area contributed by atoms with Crippen LogP contribution in [0.1, 0.15) is 0 Å². The molecular formula is C17H18Cl2N4O3. The minimum atomic E-state index is -0.310. The number of hydrogen-bond acceptors (Lipinski definition) is 5. The van der Waals surface area contributed by atoms with Crippen molar-refractivity contribution in [3.8, 4) is 5.75 Å². The lowest BCUT2D eigenvalue weighted by molar-refractivity contribution is -0.119. The van der Waals surface area contributed by atoms with Crippen molar-refractivity contribution in [1.82, 2.24) is 9.88 Å². The lowest BCUT2D eigenvalue weighted by atomic mass is 10.3. The first-order valence-electron chi connectivity index (χ1n) is 7.61. The predicted octanol–water partition coefficient (Wildman–Crippen LogP) is 2.91. The fraction of sp³-hybridized carbons (Fsp3) is 0.235. The summed E-state index contributed by atoms with van der Waals surface area (Å²) >= 11 is 11.8. The zero-order valence-electron chi connectivity index (χ0n) is 14.3. The van der Waals surface area contributed by atoms with Crippen LogP contribution in [-0.4, -0.2) is 48.9 Å². The number of carbonyl (C=O) groups is 2. The molecule has 0 aliphatic rings. The zero-order valence-corrected chi connectivity index (χ0v) is 15.8. The Balaban J connectivity index is 1.88. The second-order valence-corrected chi connectivity index (χ2v) is 6.25. The Labute approximate surface area is 161 Å². The van der Waals surface area contributed by atoms with E-state index in [9.17, 15) is 9.59 Å². The van der Waals surface area contributed by atoms with E-state index < -0.39 is 0 Å². The smallest absolute Gasteiger partial charge is 0.238 e. The number of amides is 2. The molecule has 1 heterocycles. The van der Waals surface area contributed by atoms with Crippen LogP contribution in [0.15, 0.2) is 36.5 Å². The summed E-state index contributed by atoms with van der Waals surface area (Å²) in [6.45, 7) is 0.00911. The average molecular weight is 397 g/mol. The van der Waals surface area contributed by atoms with E-state index >= 15 is 0 Å². The van der Waals surface area contributed by atoms with Gasteiger partial charge in [0, 0.05) is 11.2 Å². The fourth-order valence-corrected chi connectivity index (χ4v) is 2.52. The quantitative estimate of drug-likeness (QED) is 0.702. The van der Waals surface area contributed by atoms with Crippen LogP contribution in [0.4, 0.5) is 11.4 Å². The maximum Gasteiger partial charge on any atom is 0.238 e. The standard InChI is InChI=1S/C17H18Cl2N4O3/c1-23(9-15(24)21-12-4-3-7-20-17(12)19)10-16(25)22-13-8-11(18)5-6-14(13)26-2/h3-8H,9-10H2,1-2H3,(H,21,24)(H,22,25). The number of pyridine rings is 1. The van der Waals surface area contributed by atoms with Crippen LogP contribution in [-0.2, 0) is 9.59 Å². The third-order valence-corrected chi connectivity index (χ3v) is 3.83. The van der Waals surface area contributed by atoms with Gasteiger partial charge in [-0.05, 0) is 37.4 Å². The summed E-state index contributed by atoms with van der Waals surface area (Å²) in [5, 5.41) is 6.04. The maximum absolute atomic E-state index is 12.2. The minimum absolute atomic E-state index is 0.00383. The van der Waals surface area contributed by atoms with Crippen LogP contribution in [0.5, 0.6) is 5.75 Å². The number of methoxy groups -OCH3 is 1. The van der Waals surface area contributed by atoms with Crippen molar-refractivity contribution in [2.24, 2.45) is 0 Å². The second-order valence-electron chi connectivity index (χ2n) is 5.46. The lowest BCUT2D eigenvalue weighted by Gasteiger charge is -2.17. The second kappa shape index (κ2) is 9.38. The number of likely N-dealkylation sites (N-methyl/N-ethyl adjacent to an activating group) is 1. The van der Waals surface area contributed by atoms with Gasteiger partial charge in [-0.1, -0.05) is 23.2 Å². The number of benzene rings is 1. The highest BCUT2D eigenvalue weighted by atomic mass is 35.5. The molecule has 2 N–H and O–H groups in total. The summed E-state index contributed by atoms with van der Waals surface area (Å²) in [4.78, 5) is 29.7. The molecule has 7 nitrogen and oxygen atoms in total. The summed E-state index contributed by atoms with van der Waals surface area (Å²) in [6, 6.07) is 8.22. The summed E-state index contributed by atoms with van der Waals surface area (Å²) in [6.07, 6.45) is 1.53. The SMILES string of the molecule is COc1ccc(Cl)cc1NC(=O)CN(C)CC(=O)Nc1cccnc1Cl. The van der Waals surface area contributed by atoms with Crippen molar-refractivity contribution in [2.45, 2.75) is 0 Å². The van der Waals surface area contributed by atoms with Crippen molar-refractivity contribution in [1.29, 1.82) is 0 Å². The zero-order chi connectivity index (χ0) is 19.1. The molecule has 2 rings (SSSR count). The van der Waals surface area contributed by atoms with Gasteiger partial charge in [0.05, 0.1) is 31.6 Å². The number of rotatable bonds is 7. The van der Waals surface area contributed by atoms with Crippen LogP contribution in [0.25, 0.3) is 0 Å². The molecule has 0 spiro atoms. The Morgan fingerprint density at radius 3 is 2.38 bits per heavy atom. The molecule has 138 valence electrons. The van der Waals surface area contributed by atoms with Gasteiger partial charge < -0.3 is 15.4 Å². The number of anilines is 2. The van der Waals surface area contributed by atoms with E-state index in [1.54, 1.807) is 42.3 Å². The summed E-state index contributed by atoms with van der Waals surface area (Å²) in [7, 11) is 3.15. The molecule has 0 atom stereocenters. The number of aromatic nitrogens is 1. The summed E-state index contributed by atoms with van der Waals surface area (Å²) in [5.74, 6) is -0.120. The minimum Gasteiger partial charge on any atom is -0.495 e. The number of hydrogen-bond donors (Lipinski definition) is 2. The molecule has 0 aliphatic carbocycles. The van der Waals surface area contributed by atoms with Gasteiger partial charge in [0.2, 0.25) is 11.8 Å². The highest BCUT2D eigenvalue weighted by Crippen LogP contribution is 2.27. The Hall–Kier alpha value is -2.35. The molecule has 0 saturated heterocycles. The topological polar surface area (TPSA) is 83.6 Å². The summed E-state index contributed by atoms with van der Waals surface area (Å²) in [5.41, 5.74) is 0.880. The van der Waals surface area contributed by atoms with Crippen LogP contribution in [0.2, 0.25) is 10.2 Å². The first-order valence-corrected chi connectivity index (χ1v) is 8.37. The molecule has 2 amide bonds. The van der Waals surface area contributed by atoms with Gasteiger partial charge in [0.15, 0.2) is 5.15 Å². The molecule has 2 aromatic rings. The highest BCUT2D eigenvalue weighted by Gasteiger charge is 2.14. The van der Waals surface area contributed by atoms with Crippen molar-refractivity contribution < 1.29 is 14.3 Å². The molecule has 0 radical (unpaired) electrons. The van der Waals surface area contributed by atoms with Gasteiger partial charge in [-0.25, -0.2) is 4.98 Å². The van der Waals surface area contributed by atoms with E-state index in [1.165, 1.54) is 13.3 Å². The van der Waals surface area contributed by atoms with Gasteiger partial charge in [0.25, 0.3) is 0 Å². The molecule has 1 aromatic heterocycles. The molecule has 9 heteroatoms. The largest absolute Gasteiger partial charge is 0.495 e. The third kappa shape index (κ3) is 5.87. The van der Waals surface area contributed by atoms with Crippen molar-refractivity contribution in [2.75, 3.05) is 37.9 Å². The third-order valence-electron chi connectivity index (χ3n) is 3.30. The Morgan fingerprint density at radius 2 is 1.77 bits per heavy atom. The molecule has 0 bridgehead atoms. The molecular weight excluding hydrogens is 379 g/mol. The van der Waals surface area contributed by atoms with E-state index in [0.717, 1.165) is 0 Å². The maximum atomic E-state index is 12.2. The average Bonchev–Trinajstić information content (AvgIpc) is 2.56. The lowest BCUT2D eigenvalue weighted by Crippen LogP contribution is -2.36. The number of nitrogens with one attached hydrogen (secondary N) is 2.